The van der Waals surface area contributed by atoms with E-state index < -0.39 is 11.7 Å². The van der Waals surface area contributed by atoms with Gasteiger partial charge in [0.2, 0.25) is 0 Å². The Kier molecular flexibility index (Phi) is 13.3. The third-order valence-electron chi connectivity index (χ3n) is 5.47. The van der Waals surface area contributed by atoms with Crippen LogP contribution in [0.4, 0.5) is 13.2 Å². The van der Waals surface area contributed by atoms with Gasteiger partial charge >= 0.3 is 6.18 Å². The Morgan fingerprint density at radius 3 is 2.50 bits per heavy atom. The first-order valence-corrected chi connectivity index (χ1v) is 12.3. The molecule has 1 unspecified atom stereocenters. The Labute approximate surface area is 208 Å². The van der Waals surface area contributed by atoms with Crippen molar-refractivity contribution in [3.05, 3.63) is 70.0 Å². The zero-order chi connectivity index (χ0) is 25.7. The third-order valence-corrected chi connectivity index (χ3v) is 5.70. The highest BCUT2D eigenvalue weighted by Crippen LogP contribution is 2.34. The highest BCUT2D eigenvalue weighted by atomic mass is 35.5. The molecule has 0 aromatic heterocycles. The maximum Gasteiger partial charge on any atom is 0.416 e. The van der Waals surface area contributed by atoms with E-state index in [4.69, 9.17) is 11.6 Å². The highest BCUT2D eigenvalue weighted by molar-refractivity contribution is 6.30. The number of aryl methyl sites for hydroxylation is 1. The minimum atomic E-state index is -4.41. The number of nitrogens with one attached hydrogen (secondary N) is 1. The quantitative estimate of drug-likeness (QED) is 0.308. The van der Waals surface area contributed by atoms with Gasteiger partial charge in [0.05, 0.1) is 5.57 Å². The zero-order valence-corrected chi connectivity index (χ0v) is 22.0. The number of benzene rings is 1. The van der Waals surface area contributed by atoms with Gasteiger partial charge in [0.1, 0.15) is 0 Å². The zero-order valence-electron chi connectivity index (χ0n) is 21.3. The summed E-state index contributed by atoms with van der Waals surface area (Å²) >= 11 is 5.78. The molecule has 1 heterocycles. The molecule has 1 aliphatic heterocycles. The van der Waals surface area contributed by atoms with E-state index in [1.165, 1.54) is 18.9 Å². The lowest BCUT2D eigenvalue weighted by Crippen LogP contribution is -2.48. The second kappa shape index (κ2) is 15.0. The van der Waals surface area contributed by atoms with Crippen LogP contribution < -0.4 is 5.32 Å². The van der Waals surface area contributed by atoms with E-state index in [2.05, 4.69) is 23.3 Å². The van der Waals surface area contributed by atoms with Crippen LogP contribution in [0.2, 0.25) is 5.02 Å². The van der Waals surface area contributed by atoms with Crippen molar-refractivity contribution in [3.8, 4) is 0 Å². The van der Waals surface area contributed by atoms with E-state index in [-0.39, 0.29) is 11.6 Å². The Bertz CT molecular complexity index is 885. The molecule has 0 aliphatic carbocycles. The van der Waals surface area contributed by atoms with Gasteiger partial charge in [0, 0.05) is 53.9 Å². The Balaban J connectivity index is 0.000000479. The molecule has 1 aromatic carbocycles. The van der Waals surface area contributed by atoms with Gasteiger partial charge in [-0.2, -0.15) is 13.2 Å². The molecule has 34 heavy (non-hydrogen) atoms. The largest absolute Gasteiger partial charge is 0.416 e. The monoisotopic (exact) mass is 497 g/mol. The van der Waals surface area contributed by atoms with Crippen LogP contribution in [0.15, 0.2) is 64.5 Å². The van der Waals surface area contributed by atoms with E-state index in [1.807, 2.05) is 43.0 Å². The molecule has 3 nitrogen and oxygen atoms in total. The van der Waals surface area contributed by atoms with Crippen molar-refractivity contribution in [3.63, 3.8) is 0 Å². The number of hydrogen-bond donors (Lipinski definition) is 1. The Morgan fingerprint density at radius 2 is 1.97 bits per heavy atom. The third kappa shape index (κ3) is 10.1. The standard InChI is InChI=1S/C18H28F3N3.C9H11Cl/c1-6-8-9-23-14(4)17(16(7-2)18(19,20)21)15(5)24-11-10-22-13(3)12-24;1-2-4-8-5-3-6-9(10)7-8/h7-9,13,22H,6,10-12H2,1-5H3;3,5-7H,2,4H2,1H3/b9-8+,16-7+,17-15-,23-14+;. The molecular weight excluding hydrogens is 459 g/mol. The summed E-state index contributed by atoms with van der Waals surface area (Å²) in [5, 5.41) is 4.15. The number of rotatable bonds is 7. The summed E-state index contributed by atoms with van der Waals surface area (Å²) in [6.07, 6.45) is 3.23. The smallest absolute Gasteiger partial charge is 0.372 e. The number of piperazine rings is 1. The van der Waals surface area contributed by atoms with Crippen LogP contribution in [-0.2, 0) is 6.42 Å². The van der Waals surface area contributed by atoms with Gasteiger partial charge in [-0.05, 0) is 58.2 Å². The summed E-state index contributed by atoms with van der Waals surface area (Å²) < 4.78 is 40.6. The molecule has 0 saturated carbocycles. The predicted octanol–water partition coefficient (Wildman–Crippen LogP) is 7.74. The van der Waals surface area contributed by atoms with Gasteiger partial charge in [-0.25, -0.2) is 0 Å². The first kappa shape index (κ1) is 30.0. The number of alkyl halides is 3. The maximum atomic E-state index is 13.5. The molecule has 0 amide bonds. The SMILES string of the molecule is CCCc1cccc(Cl)c1.C\C=C(C(/C(C)=N/C=C/CC)=C(/C)N1CCNC(C)C1)\C(F)(F)F. The highest BCUT2D eigenvalue weighted by Gasteiger charge is 2.37. The van der Waals surface area contributed by atoms with Crippen molar-refractivity contribution >= 4 is 17.3 Å². The van der Waals surface area contributed by atoms with Crippen LogP contribution in [0.5, 0.6) is 0 Å². The van der Waals surface area contributed by atoms with Gasteiger partial charge in [-0.3, -0.25) is 4.99 Å². The Hall–Kier alpha value is -2.05. The first-order valence-electron chi connectivity index (χ1n) is 11.9. The number of aliphatic imine (C=N–C) groups is 1. The van der Waals surface area contributed by atoms with E-state index >= 15 is 0 Å². The molecule has 0 radical (unpaired) electrons. The average molecular weight is 498 g/mol. The van der Waals surface area contributed by atoms with Crippen LogP contribution >= 0.6 is 11.6 Å². The van der Waals surface area contributed by atoms with Crippen molar-refractivity contribution < 1.29 is 13.2 Å². The fourth-order valence-corrected chi connectivity index (χ4v) is 4.02. The fraction of sp³-hybridized carbons (Fsp3) is 0.519. The summed E-state index contributed by atoms with van der Waals surface area (Å²) in [6, 6.07) is 8.27. The molecule has 190 valence electrons. The van der Waals surface area contributed by atoms with E-state index in [9.17, 15) is 13.2 Å². The van der Waals surface area contributed by atoms with Gasteiger partial charge < -0.3 is 10.2 Å². The van der Waals surface area contributed by atoms with Crippen molar-refractivity contribution in [2.24, 2.45) is 4.99 Å². The summed E-state index contributed by atoms with van der Waals surface area (Å²) in [5.74, 6) is 0. The molecule has 1 saturated heterocycles. The minimum Gasteiger partial charge on any atom is -0.372 e. The van der Waals surface area contributed by atoms with Crippen LogP contribution in [0, 0.1) is 0 Å². The van der Waals surface area contributed by atoms with Gasteiger partial charge in [0.15, 0.2) is 0 Å². The summed E-state index contributed by atoms with van der Waals surface area (Å²) in [6.45, 7) is 13.1. The average Bonchev–Trinajstić information content (AvgIpc) is 2.77. The molecule has 1 aliphatic rings. The lowest BCUT2D eigenvalue weighted by Gasteiger charge is -2.36. The second-order valence-electron chi connectivity index (χ2n) is 8.35. The van der Waals surface area contributed by atoms with Crippen LogP contribution in [0.1, 0.15) is 59.9 Å². The number of halogens is 4. The molecule has 0 spiro atoms. The van der Waals surface area contributed by atoms with Crippen LogP contribution in [0.25, 0.3) is 0 Å². The van der Waals surface area contributed by atoms with Crippen molar-refractivity contribution in [2.75, 3.05) is 19.6 Å². The van der Waals surface area contributed by atoms with Gasteiger partial charge in [-0.1, -0.05) is 56.2 Å². The van der Waals surface area contributed by atoms with E-state index in [0.29, 0.717) is 24.5 Å². The lowest BCUT2D eigenvalue weighted by molar-refractivity contribution is -0.0891. The van der Waals surface area contributed by atoms with Crippen molar-refractivity contribution in [1.82, 2.24) is 10.2 Å². The molecule has 2 rings (SSSR count). The van der Waals surface area contributed by atoms with Crippen molar-refractivity contribution in [1.29, 1.82) is 0 Å². The normalized spacial score (nSPS) is 18.5. The fourth-order valence-electron chi connectivity index (χ4n) is 3.81. The second-order valence-corrected chi connectivity index (χ2v) is 8.79. The Morgan fingerprint density at radius 1 is 1.26 bits per heavy atom. The molecule has 1 aromatic rings. The first-order chi connectivity index (χ1) is 16.0. The number of hydrogen-bond acceptors (Lipinski definition) is 3. The molecule has 1 fully saturated rings. The lowest BCUT2D eigenvalue weighted by atomic mass is 9.97. The minimum absolute atomic E-state index is 0.180. The predicted molar refractivity (Wildman–Crippen MR) is 140 cm³/mol. The van der Waals surface area contributed by atoms with Gasteiger partial charge in [0.25, 0.3) is 0 Å². The topological polar surface area (TPSA) is 27.6 Å². The molecule has 0 bridgehead atoms. The summed E-state index contributed by atoms with van der Waals surface area (Å²) in [7, 11) is 0. The summed E-state index contributed by atoms with van der Waals surface area (Å²) in [4.78, 5) is 6.23. The molecule has 1 N–H and O–H groups in total. The van der Waals surface area contributed by atoms with Gasteiger partial charge in [-0.15, -0.1) is 0 Å². The van der Waals surface area contributed by atoms with Crippen LogP contribution in [0.3, 0.4) is 0 Å². The maximum absolute atomic E-state index is 13.5. The molecule has 1 atom stereocenters. The van der Waals surface area contributed by atoms with Crippen molar-refractivity contribution in [2.45, 2.75) is 73.0 Å². The summed E-state index contributed by atoms with van der Waals surface area (Å²) in [5.41, 5.74) is 1.89. The number of allylic oxidation sites excluding steroid dienone is 5. The van der Waals surface area contributed by atoms with E-state index in [1.54, 1.807) is 20.0 Å². The van der Waals surface area contributed by atoms with Crippen LogP contribution in [-0.4, -0.2) is 42.5 Å². The number of nitrogens with zero attached hydrogens (tertiary/aromatic N) is 2. The molecular formula is C27H39ClF3N3. The molecule has 7 heteroatoms. The van der Waals surface area contributed by atoms with E-state index in [0.717, 1.165) is 30.5 Å².